The maximum absolute atomic E-state index is 12.2. The van der Waals surface area contributed by atoms with Gasteiger partial charge in [0.2, 0.25) is 11.8 Å². The number of piperidine rings is 1. The third kappa shape index (κ3) is 3.48. The van der Waals surface area contributed by atoms with Crippen LogP contribution in [0.1, 0.15) is 32.0 Å². The molecule has 0 aliphatic carbocycles. The Morgan fingerprint density at radius 2 is 2.19 bits per heavy atom. The lowest BCUT2D eigenvalue weighted by Gasteiger charge is -2.21. The molecule has 1 atom stereocenters. The van der Waals surface area contributed by atoms with Crippen LogP contribution < -0.4 is 10.0 Å². The summed E-state index contributed by atoms with van der Waals surface area (Å²) in [5, 5.41) is 2.00. The van der Waals surface area contributed by atoms with Gasteiger partial charge in [-0.25, -0.2) is 13.4 Å². The number of nitrogens with one attached hydrogen (secondary N) is 2. The quantitative estimate of drug-likeness (QED) is 0.724. The topological polar surface area (TPSA) is 110 Å². The van der Waals surface area contributed by atoms with Gasteiger partial charge in [0.05, 0.1) is 0 Å². The van der Waals surface area contributed by atoms with Crippen LogP contribution in [-0.2, 0) is 26.2 Å². The van der Waals surface area contributed by atoms with E-state index in [1.54, 1.807) is 11.5 Å². The Morgan fingerprint density at radius 3 is 2.81 bits per heavy atom. The maximum Gasteiger partial charge on any atom is 0.260 e. The molecule has 8 nitrogen and oxygen atoms in total. The Kier molecular flexibility index (Phi) is 4.43. The Bertz CT molecular complexity index is 665. The Balaban J connectivity index is 2.16. The summed E-state index contributed by atoms with van der Waals surface area (Å²) in [6.45, 7) is 4.38. The maximum atomic E-state index is 12.2. The molecule has 0 radical (unpaired) electrons. The van der Waals surface area contributed by atoms with E-state index in [0.717, 1.165) is 6.42 Å². The predicted octanol–water partition coefficient (Wildman–Crippen LogP) is -0.315. The van der Waals surface area contributed by atoms with E-state index in [1.165, 1.54) is 6.20 Å². The number of sulfonamides is 1. The van der Waals surface area contributed by atoms with Crippen molar-refractivity contribution in [2.24, 2.45) is 0 Å². The fraction of sp³-hybridized carbons (Fsp3) is 0.583. The molecule has 0 bridgehead atoms. The van der Waals surface area contributed by atoms with Crippen molar-refractivity contribution in [1.29, 1.82) is 0 Å². The Morgan fingerprint density at radius 1 is 1.48 bits per heavy atom. The van der Waals surface area contributed by atoms with Gasteiger partial charge in [-0.05, 0) is 19.8 Å². The zero-order valence-electron chi connectivity index (χ0n) is 11.9. The van der Waals surface area contributed by atoms with Crippen LogP contribution in [0, 0.1) is 6.92 Å². The van der Waals surface area contributed by atoms with Crippen LogP contribution in [0.25, 0.3) is 0 Å². The van der Waals surface area contributed by atoms with E-state index in [1.807, 2.05) is 6.92 Å². The van der Waals surface area contributed by atoms with Crippen molar-refractivity contribution in [3.05, 3.63) is 12.0 Å². The van der Waals surface area contributed by atoms with Crippen molar-refractivity contribution in [2.45, 2.75) is 50.7 Å². The first-order chi connectivity index (χ1) is 9.83. The van der Waals surface area contributed by atoms with Crippen molar-refractivity contribution in [2.75, 3.05) is 0 Å². The number of nitrogens with zero attached hydrogens (tertiary/aromatic N) is 2. The monoisotopic (exact) mass is 314 g/mol. The number of amides is 2. The lowest BCUT2D eigenvalue weighted by atomic mass is 10.1. The van der Waals surface area contributed by atoms with Crippen LogP contribution in [0.2, 0.25) is 0 Å². The minimum absolute atomic E-state index is 0.113. The van der Waals surface area contributed by atoms with Crippen molar-refractivity contribution >= 4 is 21.8 Å². The van der Waals surface area contributed by atoms with Gasteiger partial charge in [-0.3, -0.25) is 14.9 Å². The lowest BCUT2D eigenvalue weighted by molar-refractivity contribution is -0.134. The van der Waals surface area contributed by atoms with Gasteiger partial charge in [-0.15, -0.1) is 0 Å². The summed E-state index contributed by atoms with van der Waals surface area (Å²) in [6.07, 6.45) is 2.57. The number of carbonyl (C=O) groups excluding carboxylic acids is 2. The summed E-state index contributed by atoms with van der Waals surface area (Å²) in [6, 6.07) is -0.940. The number of aromatic nitrogens is 2. The molecule has 1 aromatic heterocycles. The highest BCUT2D eigenvalue weighted by molar-refractivity contribution is 7.89. The van der Waals surface area contributed by atoms with E-state index in [9.17, 15) is 18.0 Å². The molecule has 2 amide bonds. The van der Waals surface area contributed by atoms with Gasteiger partial charge in [0.15, 0.2) is 5.03 Å². The summed E-state index contributed by atoms with van der Waals surface area (Å²) in [5.74, 6) is -0.418. The summed E-state index contributed by atoms with van der Waals surface area (Å²) in [4.78, 5) is 26.7. The highest BCUT2D eigenvalue weighted by atomic mass is 32.2. The number of carbonyl (C=O) groups is 2. The van der Waals surface area contributed by atoms with Gasteiger partial charge in [0, 0.05) is 19.2 Å². The molecule has 1 saturated heterocycles. The number of imide groups is 1. The number of aryl methyl sites for hydroxylation is 2. The van der Waals surface area contributed by atoms with Crippen molar-refractivity contribution in [1.82, 2.24) is 19.6 Å². The summed E-state index contributed by atoms with van der Waals surface area (Å²) in [5.41, 5.74) is 0. The van der Waals surface area contributed by atoms with Crippen LogP contribution in [0.15, 0.2) is 11.2 Å². The van der Waals surface area contributed by atoms with Crippen LogP contribution in [0.5, 0.6) is 0 Å². The number of imidazole rings is 1. The molecule has 1 fully saturated rings. The number of hydrogen-bond acceptors (Lipinski definition) is 5. The smallest absolute Gasteiger partial charge is 0.260 e. The van der Waals surface area contributed by atoms with Crippen molar-refractivity contribution in [3.63, 3.8) is 0 Å². The van der Waals surface area contributed by atoms with E-state index in [4.69, 9.17) is 0 Å². The van der Waals surface area contributed by atoms with E-state index >= 15 is 0 Å². The third-order valence-electron chi connectivity index (χ3n) is 3.23. The molecule has 0 aromatic carbocycles. The molecule has 1 aliphatic heterocycles. The van der Waals surface area contributed by atoms with E-state index in [-0.39, 0.29) is 17.9 Å². The molecule has 1 unspecified atom stereocenters. The van der Waals surface area contributed by atoms with Gasteiger partial charge in [0.1, 0.15) is 11.9 Å². The molecule has 2 N–H and O–H groups in total. The molecule has 2 rings (SSSR count). The molecule has 21 heavy (non-hydrogen) atoms. The van der Waals surface area contributed by atoms with Crippen molar-refractivity contribution in [3.8, 4) is 0 Å². The predicted molar refractivity (Wildman–Crippen MR) is 73.7 cm³/mol. The fourth-order valence-electron chi connectivity index (χ4n) is 2.13. The first-order valence-corrected chi connectivity index (χ1v) is 8.21. The molecular formula is C12H18N4O4S. The second kappa shape index (κ2) is 5.94. The molecule has 0 spiro atoms. The highest BCUT2D eigenvalue weighted by Crippen LogP contribution is 2.13. The first-order valence-electron chi connectivity index (χ1n) is 6.73. The minimum Gasteiger partial charge on any atom is -0.334 e. The largest absolute Gasteiger partial charge is 0.334 e. The van der Waals surface area contributed by atoms with Gasteiger partial charge < -0.3 is 4.57 Å². The van der Waals surface area contributed by atoms with Crippen LogP contribution in [0.4, 0.5) is 0 Å². The number of rotatable bonds is 5. The van der Waals surface area contributed by atoms with E-state index in [0.29, 0.717) is 12.4 Å². The summed E-state index contributed by atoms with van der Waals surface area (Å²) in [7, 11) is -3.88. The second-order valence-corrected chi connectivity index (χ2v) is 6.61. The lowest BCUT2D eigenvalue weighted by Crippen LogP contribution is -2.52. The normalized spacial score (nSPS) is 19.6. The highest BCUT2D eigenvalue weighted by Gasteiger charge is 2.31. The van der Waals surface area contributed by atoms with E-state index in [2.05, 4.69) is 15.0 Å². The molecule has 116 valence electrons. The van der Waals surface area contributed by atoms with E-state index < -0.39 is 27.9 Å². The van der Waals surface area contributed by atoms with Gasteiger partial charge >= 0.3 is 0 Å². The molecule has 1 aromatic rings. The minimum atomic E-state index is -3.88. The Hall–Kier alpha value is -1.74. The summed E-state index contributed by atoms with van der Waals surface area (Å²) >= 11 is 0. The SMILES string of the molecule is CCCn1cc(S(=O)(=O)NC2CCC(=O)NC2=O)nc1C. The standard InChI is InChI=1S/C12H18N4O4S/c1-3-6-16-7-11(13-8(16)2)21(19,20)15-9-4-5-10(17)14-12(9)18/h7,9,15H,3-6H2,1-2H3,(H,14,17,18). The third-order valence-corrected chi connectivity index (χ3v) is 4.57. The van der Waals surface area contributed by atoms with Crippen LogP contribution >= 0.6 is 0 Å². The molecule has 1 aliphatic rings. The zero-order valence-corrected chi connectivity index (χ0v) is 12.7. The molecule has 9 heteroatoms. The summed E-state index contributed by atoms with van der Waals surface area (Å²) < 4.78 is 28.5. The average molecular weight is 314 g/mol. The van der Waals surface area contributed by atoms with Crippen molar-refractivity contribution < 1.29 is 18.0 Å². The van der Waals surface area contributed by atoms with Gasteiger partial charge in [-0.2, -0.15) is 4.72 Å². The second-order valence-electron chi connectivity index (χ2n) is 4.94. The molecular weight excluding hydrogens is 296 g/mol. The fourth-order valence-corrected chi connectivity index (χ4v) is 3.37. The molecule has 0 saturated carbocycles. The zero-order chi connectivity index (χ0) is 15.6. The first kappa shape index (κ1) is 15.6. The molecule has 2 heterocycles. The van der Waals surface area contributed by atoms with Crippen LogP contribution in [-0.4, -0.2) is 35.8 Å². The Labute approximate surface area is 123 Å². The van der Waals surface area contributed by atoms with Gasteiger partial charge in [-0.1, -0.05) is 6.92 Å². The van der Waals surface area contributed by atoms with Crippen LogP contribution in [0.3, 0.4) is 0 Å². The average Bonchev–Trinajstić information content (AvgIpc) is 2.76. The van der Waals surface area contributed by atoms with Gasteiger partial charge in [0.25, 0.3) is 10.0 Å². The number of hydrogen-bond donors (Lipinski definition) is 2.